The third kappa shape index (κ3) is 3.85. The molecule has 1 nitrogen and oxygen atoms in total. The fourth-order valence-electron chi connectivity index (χ4n) is 1.50. The SMILES string of the molecule is CCNCCCCc1cc(F)c(F)cc1F. The van der Waals surface area contributed by atoms with Gasteiger partial charge in [0.2, 0.25) is 0 Å². The van der Waals surface area contributed by atoms with Gasteiger partial charge in [0.15, 0.2) is 11.6 Å². The Labute approximate surface area is 93.7 Å². The standard InChI is InChI=1S/C12H16F3N/c1-2-16-6-4-3-5-9-7-11(14)12(15)8-10(9)13/h7-8,16H,2-6H2,1H3. The molecule has 0 aliphatic carbocycles. The molecule has 0 saturated heterocycles. The Kier molecular flexibility index (Phi) is 5.32. The van der Waals surface area contributed by atoms with Crippen LogP contribution in [0.25, 0.3) is 0 Å². The second-order valence-corrected chi connectivity index (χ2v) is 3.67. The van der Waals surface area contributed by atoms with Crippen molar-refractivity contribution in [2.24, 2.45) is 0 Å². The molecule has 0 fully saturated rings. The number of aryl methyl sites for hydroxylation is 1. The first kappa shape index (κ1) is 13.0. The summed E-state index contributed by atoms with van der Waals surface area (Å²) in [5.41, 5.74) is 0.246. The van der Waals surface area contributed by atoms with Gasteiger partial charge in [-0.2, -0.15) is 0 Å². The fraction of sp³-hybridized carbons (Fsp3) is 0.500. The fourth-order valence-corrected chi connectivity index (χ4v) is 1.50. The van der Waals surface area contributed by atoms with Gasteiger partial charge in [-0.3, -0.25) is 0 Å². The topological polar surface area (TPSA) is 12.0 Å². The minimum absolute atomic E-state index is 0.246. The van der Waals surface area contributed by atoms with E-state index in [0.717, 1.165) is 32.0 Å². The first-order valence-electron chi connectivity index (χ1n) is 5.49. The van der Waals surface area contributed by atoms with E-state index >= 15 is 0 Å². The summed E-state index contributed by atoms with van der Waals surface area (Å²) in [6, 6.07) is 1.55. The molecule has 1 aromatic rings. The number of benzene rings is 1. The third-order valence-corrected chi connectivity index (χ3v) is 2.39. The normalized spacial score (nSPS) is 10.8. The van der Waals surface area contributed by atoms with Gasteiger partial charge in [0, 0.05) is 6.07 Å². The number of unbranched alkanes of at least 4 members (excludes halogenated alkanes) is 1. The van der Waals surface area contributed by atoms with Crippen LogP contribution < -0.4 is 5.32 Å². The average molecular weight is 231 g/mol. The van der Waals surface area contributed by atoms with Gasteiger partial charge >= 0.3 is 0 Å². The van der Waals surface area contributed by atoms with Gasteiger partial charge in [0.25, 0.3) is 0 Å². The predicted octanol–water partition coefficient (Wildman–Crippen LogP) is 3.04. The first-order valence-corrected chi connectivity index (χ1v) is 5.49. The zero-order valence-electron chi connectivity index (χ0n) is 9.32. The molecule has 1 rings (SSSR count). The van der Waals surface area contributed by atoms with E-state index in [1.165, 1.54) is 0 Å². The molecule has 90 valence electrons. The van der Waals surface area contributed by atoms with Crippen LogP contribution in [0.2, 0.25) is 0 Å². The highest BCUT2D eigenvalue weighted by molar-refractivity contribution is 5.20. The number of hydrogen-bond acceptors (Lipinski definition) is 1. The molecule has 0 aliphatic heterocycles. The van der Waals surface area contributed by atoms with Gasteiger partial charge in [0.05, 0.1) is 0 Å². The van der Waals surface area contributed by atoms with Crippen LogP contribution in [0.5, 0.6) is 0 Å². The van der Waals surface area contributed by atoms with Crippen LogP contribution in [0.4, 0.5) is 13.2 Å². The summed E-state index contributed by atoms with van der Waals surface area (Å²) >= 11 is 0. The summed E-state index contributed by atoms with van der Waals surface area (Å²) in [5.74, 6) is -2.78. The third-order valence-electron chi connectivity index (χ3n) is 2.39. The Balaban J connectivity index is 2.45. The number of rotatable bonds is 6. The van der Waals surface area contributed by atoms with E-state index in [0.29, 0.717) is 12.5 Å². The van der Waals surface area contributed by atoms with Gasteiger partial charge < -0.3 is 5.32 Å². The summed E-state index contributed by atoms with van der Waals surface area (Å²) in [4.78, 5) is 0. The van der Waals surface area contributed by atoms with E-state index in [1.807, 2.05) is 6.92 Å². The van der Waals surface area contributed by atoms with Gasteiger partial charge in [0.1, 0.15) is 5.82 Å². The number of hydrogen-bond donors (Lipinski definition) is 1. The Morgan fingerprint density at radius 3 is 2.38 bits per heavy atom. The van der Waals surface area contributed by atoms with Gasteiger partial charge in [-0.1, -0.05) is 6.92 Å². The molecule has 0 saturated carbocycles. The summed E-state index contributed by atoms with van der Waals surface area (Å²) in [5, 5.41) is 3.14. The van der Waals surface area contributed by atoms with Gasteiger partial charge in [-0.05, 0) is 44.0 Å². The van der Waals surface area contributed by atoms with Crippen molar-refractivity contribution in [3.8, 4) is 0 Å². The summed E-state index contributed by atoms with van der Waals surface area (Å²) < 4.78 is 38.6. The minimum atomic E-state index is -1.13. The summed E-state index contributed by atoms with van der Waals surface area (Å²) in [7, 11) is 0. The summed E-state index contributed by atoms with van der Waals surface area (Å²) in [6.45, 7) is 3.77. The first-order chi connectivity index (χ1) is 7.65. The number of nitrogens with one attached hydrogen (secondary N) is 1. The Bertz CT molecular complexity index is 339. The van der Waals surface area contributed by atoms with Crippen molar-refractivity contribution >= 4 is 0 Å². The molecule has 0 radical (unpaired) electrons. The highest BCUT2D eigenvalue weighted by Crippen LogP contribution is 2.15. The Hall–Kier alpha value is -1.03. The highest BCUT2D eigenvalue weighted by Gasteiger charge is 2.08. The van der Waals surface area contributed by atoms with Crippen molar-refractivity contribution in [2.45, 2.75) is 26.2 Å². The molecule has 0 amide bonds. The van der Waals surface area contributed by atoms with E-state index in [1.54, 1.807) is 0 Å². The molecule has 0 unspecified atom stereocenters. The van der Waals surface area contributed by atoms with Crippen LogP contribution in [-0.4, -0.2) is 13.1 Å². The van der Waals surface area contributed by atoms with E-state index < -0.39 is 17.5 Å². The molecule has 16 heavy (non-hydrogen) atoms. The molecule has 0 spiro atoms. The molecule has 0 atom stereocenters. The predicted molar refractivity (Wildman–Crippen MR) is 57.8 cm³/mol. The van der Waals surface area contributed by atoms with Crippen LogP contribution >= 0.6 is 0 Å². The molecular weight excluding hydrogens is 215 g/mol. The number of halogens is 3. The maximum absolute atomic E-state index is 13.2. The monoisotopic (exact) mass is 231 g/mol. The van der Waals surface area contributed by atoms with Gasteiger partial charge in [-0.25, -0.2) is 13.2 Å². The van der Waals surface area contributed by atoms with Crippen molar-refractivity contribution < 1.29 is 13.2 Å². The smallest absolute Gasteiger partial charge is 0.161 e. The quantitative estimate of drug-likeness (QED) is 0.586. The molecule has 4 heteroatoms. The lowest BCUT2D eigenvalue weighted by molar-refractivity contribution is 0.488. The van der Waals surface area contributed by atoms with Crippen LogP contribution in [-0.2, 0) is 6.42 Å². The Morgan fingerprint density at radius 2 is 1.69 bits per heavy atom. The van der Waals surface area contributed by atoms with E-state index in [2.05, 4.69) is 5.32 Å². The second-order valence-electron chi connectivity index (χ2n) is 3.67. The van der Waals surface area contributed by atoms with Gasteiger partial charge in [-0.15, -0.1) is 0 Å². The molecular formula is C12H16F3N. The molecule has 0 aromatic heterocycles. The molecule has 0 aliphatic rings. The van der Waals surface area contributed by atoms with Crippen LogP contribution in [0.3, 0.4) is 0 Å². The van der Waals surface area contributed by atoms with E-state index in [-0.39, 0.29) is 5.56 Å². The Morgan fingerprint density at radius 1 is 1.00 bits per heavy atom. The van der Waals surface area contributed by atoms with Crippen molar-refractivity contribution in [1.82, 2.24) is 5.32 Å². The van der Waals surface area contributed by atoms with E-state index in [4.69, 9.17) is 0 Å². The van der Waals surface area contributed by atoms with Crippen LogP contribution in [0.15, 0.2) is 12.1 Å². The van der Waals surface area contributed by atoms with E-state index in [9.17, 15) is 13.2 Å². The lowest BCUT2D eigenvalue weighted by Crippen LogP contribution is -2.14. The van der Waals surface area contributed by atoms with Crippen LogP contribution in [0.1, 0.15) is 25.3 Å². The maximum atomic E-state index is 13.2. The van der Waals surface area contributed by atoms with Crippen molar-refractivity contribution in [1.29, 1.82) is 0 Å². The second kappa shape index (κ2) is 6.53. The van der Waals surface area contributed by atoms with Crippen molar-refractivity contribution in [3.05, 3.63) is 35.1 Å². The molecule has 1 aromatic carbocycles. The average Bonchev–Trinajstić information content (AvgIpc) is 2.25. The van der Waals surface area contributed by atoms with Crippen molar-refractivity contribution in [3.63, 3.8) is 0 Å². The zero-order valence-corrected chi connectivity index (χ0v) is 9.32. The van der Waals surface area contributed by atoms with Crippen molar-refractivity contribution in [2.75, 3.05) is 13.1 Å². The molecule has 1 N–H and O–H groups in total. The molecule has 0 heterocycles. The maximum Gasteiger partial charge on any atom is 0.161 e. The van der Waals surface area contributed by atoms with Crippen LogP contribution in [0, 0.1) is 17.5 Å². The minimum Gasteiger partial charge on any atom is -0.317 e. The lowest BCUT2D eigenvalue weighted by atomic mass is 10.1. The zero-order chi connectivity index (χ0) is 12.0. The largest absolute Gasteiger partial charge is 0.317 e. The lowest BCUT2D eigenvalue weighted by Gasteiger charge is -2.04. The molecule has 0 bridgehead atoms. The summed E-state index contributed by atoms with van der Waals surface area (Å²) in [6.07, 6.45) is 2.09. The highest BCUT2D eigenvalue weighted by atomic mass is 19.2.